The van der Waals surface area contributed by atoms with E-state index in [1.807, 2.05) is 0 Å². The molecule has 4 nitrogen and oxygen atoms in total. The standard InChI is InChI=1S/C11H6BrClFN3O/c12-6-1-2-9(15-4-6)17-11(18)8-3-7(14)5-16-10(8)13/h1-5H,(H,15,17,18). The molecule has 0 aromatic carbocycles. The molecule has 0 saturated carbocycles. The Bertz CT molecular complexity index is 591. The van der Waals surface area contributed by atoms with E-state index < -0.39 is 11.7 Å². The fourth-order valence-corrected chi connectivity index (χ4v) is 1.64. The van der Waals surface area contributed by atoms with Crippen molar-refractivity contribution in [3.63, 3.8) is 0 Å². The highest BCUT2D eigenvalue weighted by atomic mass is 79.9. The van der Waals surface area contributed by atoms with E-state index in [4.69, 9.17) is 11.6 Å². The van der Waals surface area contributed by atoms with Gasteiger partial charge >= 0.3 is 0 Å². The van der Waals surface area contributed by atoms with Gasteiger partial charge in [-0.3, -0.25) is 4.79 Å². The van der Waals surface area contributed by atoms with Crippen molar-refractivity contribution in [2.24, 2.45) is 0 Å². The van der Waals surface area contributed by atoms with Gasteiger partial charge < -0.3 is 5.32 Å². The van der Waals surface area contributed by atoms with Crippen LogP contribution in [0.3, 0.4) is 0 Å². The normalized spacial score (nSPS) is 10.2. The Hall–Kier alpha value is -1.53. The van der Waals surface area contributed by atoms with E-state index >= 15 is 0 Å². The van der Waals surface area contributed by atoms with Crippen LogP contribution in [0.2, 0.25) is 5.15 Å². The van der Waals surface area contributed by atoms with Gasteiger partial charge in [-0.05, 0) is 34.1 Å². The summed E-state index contributed by atoms with van der Waals surface area (Å²) in [5, 5.41) is 2.43. The molecule has 2 aromatic heterocycles. The van der Waals surface area contributed by atoms with Crippen LogP contribution in [0.1, 0.15) is 10.4 Å². The molecular formula is C11H6BrClFN3O. The summed E-state index contributed by atoms with van der Waals surface area (Å²) in [6, 6.07) is 4.33. The largest absolute Gasteiger partial charge is 0.306 e. The number of aromatic nitrogens is 2. The summed E-state index contributed by atoms with van der Waals surface area (Å²) in [7, 11) is 0. The predicted molar refractivity (Wildman–Crippen MR) is 69.1 cm³/mol. The lowest BCUT2D eigenvalue weighted by Gasteiger charge is -2.05. The molecule has 92 valence electrons. The van der Waals surface area contributed by atoms with Crippen LogP contribution in [-0.4, -0.2) is 15.9 Å². The van der Waals surface area contributed by atoms with Gasteiger partial charge in [0.15, 0.2) is 0 Å². The SMILES string of the molecule is O=C(Nc1ccc(Br)cn1)c1cc(F)cnc1Cl. The number of hydrogen-bond donors (Lipinski definition) is 1. The van der Waals surface area contributed by atoms with E-state index in [2.05, 4.69) is 31.2 Å². The number of pyridine rings is 2. The molecule has 2 heterocycles. The van der Waals surface area contributed by atoms with Crippen molar-refractivity contribution < 1.29 is 9.18 Å². The van der Waals surface area contributed by atoms with Gasteiger partial charge in [0.25, 0.3) is 5.91 Å². The summed E-state index contributed by atoms with van der Waals surface area (Å²) in [5.41, 5.74) is -0.0404. The second kappa shape index (κ2) is 5.41. The number of nitrogens with zero attached hydrogens (tertiary/aromatic N) is 2. The third-order valence-electron chi connectivity index (χ3n) is 2.02. The van der Waals surface area contributed by atoms with Crippen molar-refractivity contribution in [2.75, 3.05) is 5.32 Å². The second-order valence-electron chi connectivity index (χ2n) is 3.31. The lowest BCUT2D eigenvalue weighted by molar-refractivity contribution is 0.102. The molecule has 2 aromatic rings. The molecular weight excluding hydrogens is 324 g/mol. The van der Waals surface area contributed by atoms with Gasteiger partial charge in [-0.2, -0.15) is 0 Å². The molecule has 0 spiro atoms. The van der Waals surface area contributed by atoms with Crippen molar-refractivity contribution in [1.29, 1.82) is 0 Å². The van der Waals surface area contributed by atoms with Crippen LogP contribution in [0.25, 0.3) is 0 Å². The Morgan fingerprint density at radius 2 is 2.11 bits per heavy atom. The van der Waals surface area contributed by atoms with Gasteiger partial charge in [0, 0.05) is 10.7 Å². The first kappa shape index (κ1) is 12.9. The molecule has 7 heteroatoms. The minimum absolute atomic E-state index is 0.0404. The lowest BCUT2D eigenvalue weighted by Crippen LogP contribution is -2.14. The molecule has 0 bridgehead atoms. The average molecular weight is 331 g/mol. The van der Waals surface area contributed by atoms with Gasteiger partial charge in [0.1, 0.15) is 16.8 Å². The zero-order chi connectivity index (χ0) is 13.1. The van der Waals surface area contributed by atoms with Gasteiger partial charge in [-0.1, -0.05) is 11.6 Å². The minimum atomic E-state index is -0.631. The summed E-state index contributed by atoms with van der Waals surface area (Å²) >= 11 is 8.94. The van der Waals surface area contributed by atoms with Crippen LogP contribution in [0.5, 0.6) is 0 Å². The average Bonchev–Trinajstić information content (AvgIpc) is 2.35. The van der Waals surface area contributed by atoms with E-state index in [0.29, 0.717) is 5.82 Å². The molecule has 0 fully saturated rings. The topological polar surface area (TPSA) is 54.9 Å². The minimum Gasteiger partial charge on any atom is -0.306 e. The van der Waals surface area contributed by atoms with Crippen LogP contribution in [0, 0.1) is 5.82 Å². The second-order valence-corrected chi connectivity index (χ2v) is 4.58. The van der Waals surface area contributed by atoms with Crippen LogP contribution >= 0.6 is 27.5 Å². The van der Waals surface area contributed by atoms with Crippen molar-refractivity contribution in [3.8, 4) is 0 Å². The summed E-state index contributed by atoms with van der Waals surface area (Å²) < 4.78 is 13.8. The molecule has 18 heavy (non-hydrogen) atoms. The van der Waals surface area contributed by atoms with Crippen LogP contribution < -0.4 is 5.32 Å². The number of anilines is 1. The number of carbonyl (C=O) groups is 1. The summed E-state index contributed by atoms with van der Waals surface area (Å²) in [6.45, 7) is 0. The van der Waals surface area contributed by atoms with Gasteiger partial charge in [0.05, 0.1) is 11.8 Å². The smallest absolute Gasteiger partial charge is 0.260 e. The Morgan fingerprint density at radius 3 is 2.78 bits per heavy atom. The number of rotatable bonds is 2. The highest BCUT2D eigenvalue weighted by Crippen LogP contribution is 2.16. The highest BCUT2D eigenvalue weighted by Gasteiger charge is 2.13. The zero-order valence-corrected chi connectivity index (χ0v) is 11.2. The first-order valence-corrected chi connectivity index (χ1v) is 5.97. The monoisotopic (exact) mass is 329 g/mol. The number of carbonyl (C=O) groups excluding carboxylic acids is 1. The molecule has 0 unspecified atom stereocenters. The number of halogens is 3. The highest BCUT2D eigenvalue weighted by molar-refractivity contribution is 9.10. The maximum Gasteiger partial charge on any atom is 0.260 e. The van der Waals surface area contributed by atoms with Crippen LogP contribution in [0.15, 0.2) is 35.1 Å². The number of hydrogen-bond acceptors (Lipinski definition) is 3. The van der Waals surface area contributed by atoms with E-state index in [0.717, 1.165) is 16.7 Å². The Morgan fingerprint density at radius 1 is 1.33 bits per heavy atom. The van der Waals surface area contributed by atoms with Crippen LogP contribution in [-0.2, 0) is 0 Å². The third-order valence-corrected chi connectivity index (χ3v) is 2.79. The van der Waals surface area contributed by atoms with E-state index in [9.17, 15) is 9.18 Å². The summed E-state index contributed by atoms with van der Waals surface area (Å²) in [6.07, 6.45) is 2.47. The van der Waals surface area contributed by atoms with Crippen molar-refractivity contribution >= 4 is 39.3 Å². The molecule has 0 aliphatic rings. The van der Waals surface area contributed by atoms with Crippen molar-refractivity contribution in [3.05, 3.63) is 51.6 Å². The zero-order valence-electron chi connectivity index (χ0n) is 8.82. The quantitative estimate of drug-likeness (QED) is 0.860. The Labute approximate surface area is 115 Å². The molecule has 0 aliphatic heterocycles. The first-order valence-electron chi connectivity index (χ1n) is 4.80. The fourth-order valence-electron chi connectivity index (χ4n) is 1.22. The van der Waals surface area contributed by atoms with Gasteiger partial charge in [0.2, 0.25) is 0 Å². The molecule has 2 rings (SSSR count). The lowest BCUT2D eigenvalue weighted by atomic mass is 10.2. The van der Waals surface area contributed by atoms with Crippen molar-refractivity contribution in [2.45, 2.75) is 0 Å². The molecule has 0 saturated heterocycles. The molecule has 0 atom stereocenters. The van der Waals surface area contributed by atoms with Gasteiger partial charge in [-0.15, -0.1) is 0 Å². The summed E-state index contributed by atoms with van der Waals surface area (Å²) in [5.74, 6) is -0.862. The Kier molecular flexibility index (Phi) is 3.88. The van der Waals surface area contributed by atoms with E-state index in [-0.39, 0.29) is 10.7 Å². The van der Waals surface area contributed by atoms with E-state index in [1.165, 1.54) is 6.20 Å². The number of nitrogens with one attached hydrogen (secondary N) is 1. The van der Waals surface area contributed by atoms with E-state index in [1.54, 1.807) is 12.1 Å². The number of amides is 1. The van der Waals surface area contributed by atoms with Gasteiger partial charge in [-0.25, -0.2) is 14.4 Å². The Balaban J connectivity index is 2.21. The molecule has 0 radical (unpaired) electrons. The first-order chi connectivity index (χ1) is 8.56. The summed E-state index contributed by atoms with van der Waals surface area (Å²) in [4.78, 5) is 19.3. The molecule has 1 N–H and O–H groups in total. The molecule has 1 amide bonds. The third kappa shape index (κ3) is 3.02. The molecule has 0 aliphatic carbocycles. The fraction of sp³-hybridized carbons (Fsp3) is 0. The maximum absolute atomic E-state index is 13.0. The maximum atomic E-state index is 13.0. The van der Waals surface area contributed by atoms with Crippen LogP contribution in [0.4, 0.5) is 10.2 Å². The van der Waals surface area contributed by atoms with Crippen molar-refractivity contribution in [1.82, 2.24) is 9.97 Å². The predicted octanol–water partition coefficient (Wildman–Crippen LogP) is 3.28.